The molecule has 0 aliphatic heterocycles. The van der Waals surface area contributed by atoms with E-state index in [1.54, 1.807) is 0 Å². The van der Waals surface area contributed by atoms with E-state index in [0.29, 0.717) is 12.1 Å². The molecule has 1 amide bonds. The number of rotatable bonds is 4. The summed E-state index contributed by atoms with van der Waals surface area (Å²) in [5.41, 5.74) is 7.40. The molecule has 88 valence electrons. The van der Waals surface area contributed by atoms with Gasteiger partial charge in [-0.1, -0.05) is 24.6 Å². The molecule has 1 aromatic rings. The van der Waals surface area contributed by atoms with E-state index in [4.69, 9.17) is 5.73 Å². The van der Waals surface area contributed by atoms with Gasteiger partial charge in [-0.3, -0.25) is 4.79 Å². The normalized spacial score (nSPS) is 14.2. The Balaban J connectivity index is 2.62. The van der Waals surface area contributed by atoms with Crippen LogP contribution in [0.5, 0.6) is 0 Å². The van der Waals surface area contributed by atoms with Crippen molar-refractivity contribution in [1.82, 2.24) is 5.32 Å². The molecule has 0 radical (unpaired) electrons. The highest BCUT2D eigenvalue weighted by atomic mass is 16.1. The van der Waals surface area contributed by atoms with E-state index in [9.17, 15) is 4.79 Å². The monoisotopic (exact) mass is 220 g/mol. The van der Waals surface area contributed by atoms with E-state index >= 15 is 0 Å². The molecule has 2 atom stereocenters. The van der Waals surface area contributed by atoms with Crippen LogP contribution in [0.4, 0.5) is 0 Å². The van der Waals surface area contributed by atoms with Gasteiger partial charge in [0.15, 0.2) is 0 Å². The number of amides is 1. The third-order valence-corrected chi connectivity index (χ3v) is 2.90. The van der Waals surface area contributed by atoms with Crippen molar-refractivity contribution < 1.29 is 4.79 Å². The molecule has 3 N–H and O–H groups in total. The molecule has 0 aromatic heterocycles. The van der Waals surface area contributed by atoms with Crippen LogP contribution in [0, 0.1) is 12.8 Å². The lowest BCUT2D eigenvalue weighted by molar-refractivity contribution is 0.0929. The molecule has 0 bridgehead atoms. The van der Waals surface area contributed by atoms with Gasteiger partial charge < -0.3 is 11.1 Å². The van der Waals surface area contributed by atoms with Crippen molar-refractivity contribution >= 4 is 5.91 Å². The number of carbonyl (C=O) groups excluding carboxylic acids is 1. The fraction of sp³-hybridized carbons (Fsp3) is 0.462. The maximum atomic E-state index is 11.8. The molecule has 0 saturated carbocycles. The minimum absolute atomic E-state index is 0.0344. The van der Waals surface area contributed by atoms with Gasteiger partial charge in [0, 0.05) is 11.6 Å². The number of nitrogens with one attached hydrogen (secondary N) is 1. The van der Waals surface area contributed by atoms with Crippen LogP contribution in [0.1, 0.15) is 29.8 Å². The van der Waals surface area contributed by atoms with Gasteiger partial charge in [0.1, 0.15) is 0 Å². The molecule has 0 saturated heterocycles. The highest BCUT2D eigenvalue weighted by Gasteiger charge is 2.14. The average molecular weight is 220 g/mol. The number of benzene rings is 1. The highest BCUT2D eigenvalue weighted by molar-refractivity contribution is 5.94. The lowest BCUT2D eigenvalue weighted by Gasteiger charge is -2.19. The molecule has 1 aromatic carbocycles. The summed E-state index contributed by atoms with van der Waals surface area (Å²) in [7, 11) is 0. The largest absolute Gasteiger partial charge is 0.349 e. The summed E-state index contributed by atoms with van der Waals surface area (Å²) in [6.07, 6.45) is 0. The van der Waals surface area contributed by atoms with E-state index < -0.39 is 0 Å². The smallest absolute Gasteiger partial charge is 0.251 e. The zero-order valence-corrected chi connectivity index (χ0v) is 10.2. The fourth-order valence-electron chi connectivity index (χ4n) is 1.34. The second-order valence-electron chi connectivity index (χ2n) is 4.34. The summed E-state index contributed by atoms with van der Waals surface area (Å²) in [6, 6.07) is 7.64. The Morgan fingerprint density at radius 2 is 1.88 bits per heavy atom. The molecular formula is C13H20N2O. The Bertz CT molecular complexity index is 345. The molecule has 3 heteroatoms. The first-order chi connectivity index (χ1) is 7.54. The van der Waals surface area contributed by atoms with Crippen LogP contribution in [0.25, 0.3) is 0 Å². The zero-order valence-electron chi connectivity index (χ0n) is 10.2. The van der Waals surface area contributed by atoms with Crippen LogP contribution in [-0.4, -0.2) is 18.5 Å². The summed E-state index contributed by atoms with van der Waals surface area (Å²) >= 11 is 0. The second kappa shape index (κ2) is 5.66. The third-order valence-electron chi connectivity index (χ3n) is 2.90. The summed E-state index contributed by atoms with van der Waals surface area (Å²) in [5, 5.41) is 2.95. The predicted molar refractivity (Wildman–Crippen MR) is 66.3 cm³/mol. The minimum Gasteiger partial charge on any atom is -0.349 e. The van der Waals surface area contributed by atoms with Gasteiger partial charge in [-0.15, -0.1) is 0 Å². The summed E-state index contributed by atoms with van der Waals surface area (Å²) < 4.78 is 0. The summed E-state index contributed by atoms with van der Waals surface area (Å²) in [4.78, 5) is 11.8. The molecule has 0 aliphatic carbocycles. The van der Waals surface area contributed by atoms with Gasteiger partial charge in [0.05, 0.1) is 0 Å². The van der Waals surface area contributed by atoms with E-state index in [1.165, 1.54) is 0 Å². The van der Waals surface area contributed by atoms with E-state index in [-0.39, 0.29) is 17.9 Å². The van der Waals surface area contributed by atoms with Crippen molar-refractivity contribution in [3.8, 4) is 0 Å². The SMILES string of the molecule is Cc1ccc(C(=O)NC(C)C(C)CN)cc1. The number of carbonyl (C=O) groups is 1. The standard InChI is InChI=1S/C13H20N2O/c1-9-4-6-12(7-5-9)13(16)15-11(3)10(2)8-14/h4-7,10-11H,8,14H2,1-3H3,(H,15,16). The number of nitrogens with two attached hydrogens (primary N) is 1. The Hall–Kier alpha value is -1.35. The average Bonchev–Trinajstić information content (AvgIpc) is 2.28. The topological polar surface area (TPSA) is 55.1 Å². The van der Waals surface area contributed by atoms with Gasteiger partial charge in [-0.25, -0.2) is 0 Å². The van der Waals surface area contributed by atoms with Crippen molar-refractivity contribution in [3.05, 3.63) is 35.4 Å². The predicted octanol–water partition coefficient (Wildman–Crippen LogP) is 1.71. The van der Waals surface area contributed by atoms with Crippen LogP contribution in [-0.2, 0) is 0 Å². The van der Waals surface area contributed by atoms with Crippen LogP contribution in [0.15, 0.2) is 24.3 Å². The molecular weight excluding hydrogens is 200 g/mol. The molecule has 16 heavy (non-hydrogen) atoms. The lowest BCUT2D eigenvalue weighted by atomic mass is 10.0. The first-order valence-corrected chi connectivity index (χ1v) is 5.62. The minimum atomic E-state index is -0.0344. The van der Waals surface area contributed by atoms with Gasteiger partial charge in [-0.05, 0) is 38.4 Å². The number of aryl methyl sites for hydroxylation is 1. The molecule has 1 rings (SSSR count). The molecule has 0 fully saturated rings. The lowest BCUT2D eigenvalue weighted by Crippen LogP contribution is -2.39. The van der Waals surface area contributed by atoms with Crippen LogP contribution >= 0.6 is 0 Å². The maximum Gasteiger partial charge on any atom is 0.251 e. The van der Waals surface area contributed by atoms with Crippen molar-refractivity contribution in [3.63, 3.8) is 0 Å². The second-order valence-corrected chi connectivity index (χ2v) is 4.34. The molecule has 3 nitrogen and oxygen atoms in total. The Labute approximate surface area is 97.0 Å². The van der Waals surface area contributed by atoms with Gasteiger partial charge in [-0.2, -0.15) is 0 Å². The fourth-order valence-corrected chi connectivity index (χ4v) is 1.34. The quantitative estimate of drug-likeness (QED) is 0.811. The number of hydrogen-bond acceptors (Lipinski definition) is 2. The van der Waals surface area contributed by atoms with E-state index in [2.05, 4.69) is 5.32 Å². The highest BCUT2D eigenvalue weighted by Crippen LogP contribution is 2.05. The first kappa shape index (κ1) is 12.7. The van der Waals surface area contributed by atoms with E-state index in [1.807, 2.05) is 45.0 Å². The van der Waals surface area contributed by atoms with Crippen molar-refractivity contribution in [2.24, 2.45) is 11.7 Å². The molecule has 0 spiro atoms. The van der Waals surface area contributed by atoms with E-state index in [0.717, 1.165) is 5.56 Å². The van der Waals surface area contributed by atoms with Crippen molar-refractivity contribution in [2.45, 2.75) is 26.8 Å². The Morgan fingerprint density at radius 3 is 2.38 bits per heavy atom. The first-order valence-electron chi connectivity index (χ1n) is 5.62. The van der Waals surface area contributed by atoms with Crippen molar-refractivity contribution in [1.29, 1.82) is 0 Å². The summed E-state index contributed by atoms with van der Waals surface area (Å²) in [5.74, 6) is 0.252. The Kier molecular flexibility index (Phi) is 4.50. The number of hydrogen-bond donors (Lipinski definition) is 2. The van der Waals surface area contributed by atoms with Crippen LogP contribution in [0.2, 0.25) is 0 Å². The maximum absolute atomic E-state index is 11.8. The van der Waals surface area contributed by atoms with Crippen LogP contribution in [0.3, 0.4) is 0 Å². The molecule has 2 unspecified atom stereocenters. The van der Waals surface area contributed by atoms with Crippen molar-refractivity contribution in [2.75, 3.05) is 6.54 Å². The van der Waals surface area contributed by atoms with Gasteiger partial charge in [0.25, 0.3) is 5.91 Å². The van der Waals surface area contributed by atoms with Crippen LogP contribution < -0.4 is 11.1 Å². The van der Waals surface area contributed by atoms with Gasteiger partial charge >= 0.3 is 0 Å². The summed E-state index contributed by atoms with van der Waals surface area (Å²) in [6.45, 7) is 6.58. The Morgan fingerprint density at radius 1 is 1.31 bits per heavy atom. The zero-order chi connectivity index (χ0) is 12.1. The van der Waals surface area contributed by atoms with Gasteiger partial charge in [0.2, 0.25) is 0 Å². The molecule has 0 heterocycles. The molecule has 0 aliphatic rings. The third kappa shape index (κ3) is 3.35.